The Balaban J connectivity index is 1.82. The Kier molecular flexibility index (Phi) is 4.04. The molecular weight excluding hydrogens is 184 g/mol. The van der Waals surface area contributed by atoms with E-state index in [0.717, 1.165) is 18.0 Å². The quantitative estimate of drug-likeness (QED) is 0.765. The van der Waals surface area contributed by atoms with Crippen LogP contribution in [0.25, 0.3) is 0 Å². The summed E-state index contributed by atoms with van der Waals surface area (Å²) in [5, 5.41) is 3.29. The highest BCUT2D eigenvalue weighted by Crippen LogP contribution is 2.35. The van der Waals surface area contributed by atoms with Crippen molar-refractivity contribution in [3.05, 3.63) is 0 Å². The summed E-state index contributed by atoms with van der Waals surface area (Å²) < 4.78 is 0. The zero-order chi connectivity index (χ0) is 10.7. The average Bonchev–Trinajstić information content (AvgIpc) is 2.23. The average molecular weight is 210 g/mol. The minimum Gasteiger partial charge on any atom is -0.320 e. The highest BCUT2D eigenvalue weighted by Gasteiger charge is 2.35. The number of piperidine rings is 1. The first-order valence-electron chi connectivity index (χ1n) is 6.71. The van der Waals surface area contributed by atoms with Gasteiger partial charge in [-0.05, 0) is 58.2 Å². The molecule has 15 heavy (non-hydrogen) atoms. The monoisotopic (exact) mass is 210 g/mol. The first-order valence-corrected chi connectivity index (χ1v) is 6.71. The highest BCUT2D eigenvalue weighted by molar-refractivity contribution is 4.90. The van der Waals surface area contributed by atoms with E-state index in [1.807, 2.05) is 0 Å². The summed E-state index contributed by atoms with van der Waals surface area (Å²) in [6, 6.07) is 1.81. The van der Waals surface area contributed by atoms with Crippen molar-refractivity contribution in [1.29, 1.82) is 0 Å². The number of hydrogen-bond donors (Lipinski definition) is 1. The molecule has 1 saturated heterocycles. The standard InChI is InChI=1S/C13H26N2/c1-11-9-13(10-11)15-8-4-3-5-12(15)6-7-14-2/h11-14H,3-10H2,1-2H3. The third-order valence-electron chi connectivity index (χ3n) is 4.22. The molecule has 0 radical (unpaired) electrons. The van der Waals surface area contributed by atoms with Crippen LogP contribution in [-0.2, 0) is 0 Å². The second-order valence-corrected chi connectivity index (χ2v) is 5.51. The summed E-state index contributed by atoms with van der Waals surface area (Å²) in [4.78, 5) is 2.82. The molecule has 0 aromatic heterocycles. The van der Waals surface area contributed by atoms with Gasteiger partial charge in [0.15, 0.2) is 0 Å². The maximum Gasteiger partial charge on any atom is 0.0110 e. The van der Waals surface area contributed by atoms with E-state index in [2.05, 4.69) is 24.2 Å². The van der Waals surface area contributed by atoms with Crippen LogP contribution in [0.1, 0.15) is 45.4 Å². The zero-order valence-electron chi connectivity index (χ0n) is 10.3. The van der Waals surface area contributed by atoms with E-state index in [1.54, 1.807) is 0 Å². The van der Waals surface area contributed by atoms with Crippen molar-refractivity contribution in [1.82, 2.24) is 10.2 Å². The van der Waals surface area contributed by atoms with Crippen LogP contribution in [0.15, 0.2) is 0 Å². The number of hydrogen-bond acceptors (Lipinski definition) is 2. The fourth-order valence-corrected chi connectivity index (χ4v) is 3.26. The van der Waals surface area contributed by atoms with Crippen molar-refractivity contribution in [2.45, 2.75) is 57.5 Å². The Bertz CT molecular complexity index is 187. The molecular formula is C13H26N2. The van der Waals surface area contributed by atoms with Crippen molar-refractivity contribution in [2.24, 2.45) is 5.92 Å². The van der Waals surface area contributed by atoms with Gasteiger partial charge in [0, 0.05) is 12.1 Å². The summed E-state index contributed by atoms with van der Waals surface area (Å²) >= 11 is 0. The Hall–Kier alpha value is -0.0800. The molecule has 1 unspecified atom stereocenters. The van der Waals surface area contributed by atoms with Crippen LogP contribution in [0.4, 0.5) is 0 Å². The van der Waals surface area contributed by atoms with Crippen LogP contribution in [-0.4, -0.2) is 37.1 Å². The van der Waals surface area contributed by atoms with Gasteiger partial charge in [0.25, 0.3) is 0 Å². The lowest BCUT2D eigenvalue weighted by Crippen LogP contribution is -2.51. The van der Waals surface area contributed by atoms with Gasteiger partial charge in [0.05, 0.1) is 0 Å². The number of nitrogens with one attached hydrogen (secondary N) is 1. The van der Waals surface area contributed by atoms with Gasteiger partial charge in [0.2, 0.25) is 0 Å². The van der Waals surface area contributed by atoms with Crippen molar-refractivity contribution in [3.8, 4) is 0 Å². The fraction of sp³-hybridized carbons (Fsp3) is 1.00. The molecule has 2 rings (SSSR count). The second kappa shape index (κ2) is 5.31. The van der Waals surface area contributed by atoms with Crippen LogP contribution >= 0.6 is 0 Å². The van der Waals surface area contributed by atoms with Crippen molar-refractivity contribution in [2.75, 3.05) is 20.1 Å². The lowest BCUT2D eigenvalue weighted by molar-refractivity contribution is 0.0228. The molecule has 1 N–H and O–H groups in total. The van der Waals surface area contributed by atoms with E-state index in [-0.39, 0.29) is 0 Å². The van der Waals surface area contributed by atoms with E-state index in [4.69, 9.17) is 0 Å². The number of likely N-dealkylation sites (tertiary alicyclic amines) is 1. The van der Waals surface area contributed by atoms with Gasteiger partial charge in [-0.3, -0.25) is 4.90 Å². The largest absolute Gasteiger partial charge is 0.320 e. The fourth-order valence-electron chi connectivity index (χ4n) is 3.26. The lowest BCUT2D eigenvalue weighted by Gasteiger charge is -2.47. The molecule has 2 nitrogen and oxygen atoms in total. The molecule has 1 aliphatic heterocycles. The van der Waals surface area contributed by atoms with Gasteiger partial charge >= 0.3 is 0 Å². The lowest BCUT2D eigenvalue weighted by atomic mass is 9.79. The first kappa shape index (κ1) is 11.4. The van der Waals surface area contributed by atoms with E-state index in [1.165, 1.54) is 51.6 Å². The molecule has 1 atom stereocenters. The Morgan fingerprint density at radius 2 is 2.07 bits per heavy atom. The minimum absolute atomic E-state index is 0.878. The van der Waals surface area contributed by atoms with Crippen LogP contribution in [0.2, 0.25) is 0 Å². The number of nitrogens with zero attached hydrogens (tertiary/aromatic N) is 1. The molecule has 0 bridgehead atoms. The molecule has 2 fully saturated rings. The molecule has 88 valence electrons. The maximum absolute atomic E-state index is 3.29. The molecule has 1 saturated carbocycles. The van der Waals surface area contributed by atoms with Crippen LogP contribution < -0.4 is 5.32 Å². The molecule has 1 aliphatic carbocycles. The molecule has 0 amide bonds. The third-order valence-corrected chi connectivity index (χ3v) is 4.22. The van der Waals surface area contributed by atoms with Gasteiger partial charge < -0.3 is 5.32 Å². The van der Waals surface area contributed by atoms with Gasteiger partial charge in [-0.15, -0.1) is 0 Å². The summed E-state index contributed by atoms with van der Waals surface area (Å²) in [5.74, 6) is 0.988. The Morgan fingerprint density at radius 1 is 1.27 bits per heavy atom. The highest BCUT2D eigenvalue weighted by atomic mass is 15.2. The summed E-state index contributed by atoms with van der Waals surface area (Å²) in [6.07, 6.45) is 8.58. The van der Waals surface area contributed by atoms with Gasteiger partial charge in [-0.2, -0.15) is 0 Å². The number of rotatable bonds is 4. The molecule has 0 spiro atoms. The molecule has 2 heteroatoms. The third kappa shape index (κ3) is 2.73. The van der Waals surface area contributed by atoms with E-state index >= 15 is 0 Å². The normalized spacial score (nSPS) is 37.6. The summed E-state index contributed by atoms with van der Waals surface area (Å²) in [6.45, 7) is 4.94. The van der Waals surface area contributed by atoms with Crippen LogP contribution in [0, 0.1) is 5.92 Å². The maximum atomic E-state index is 3.29. The summed E-state index contributed by atoms with van der Waals surface area (Å²) in [7, 11) is 2.07. The molecule has 0 aromatic rings. The first-order chi connectivity index (χ1) is 7.31. The Morgan fingerprint density at radius 3 is 2.73 bits per heavy atom. The van der Waals surface area contributed by atoms with Gasteiger partial charge in [-0.1, -0.05) is 13.3 Å². The van der Waals surface area contributed by atoms with E-state index in [9.17, 15) is 0 Å². The SMILES string of the molecule is CNCCC1CCCCN1C1CC(C)C1. The van der Waals surface area contributed by atoms with Gasteiger partial charge in [-0.25, -0.2) is 0 Å². The second-order valence-electron chi connectivity index (χ2n) is 5.51. The summed E-state index contributed by atoms with van der Waals surface area (Å²) in [5.41, 5.74) is 0. The minimum atomic E-state index is 0.878. The van der Waals surface area contributed by atoms with Crippen molar-refractivity contribution < 1.29 is 0 Å². The van der Waals surface area contributed by atoms with Crippen LogP contribution in [0.3, 0.4) is 0 Å². The van der Waals surface area contributed by atoms with Crippen molar-refractivity contribution >= 4 is 0 Å². The predicted octanol–water partition coefficient (Wildman–Crippen LogP) is 2.25. The Labute approximate surface area is 94.4 Å². The van der Waals surface area contributed by atoms with E-state index < -0.39 is 0 Å². The topological polar surface area (TPSA) is 15.3 Å². The van der Waals surface area contributed by atoms with E-state index in [0.29, 0.717) is 0 Å². The molecule has 1 heterocycles. The zero-order valence-corrected chi connectivity index (χ0v) is 10.3. The predicted molar refractivity (Wildman–Crippen MR) is 65.1 cm³/mol. The molecule has 2 aliphatic rings. The van der Waals surface area contributed by atoms with Crippen molar-refractivity contribution in [3.63, 3.8) is 0 Å². The molecule has 0 aromatic carbocycles. The smallest absolute Gasteiger partial charge is 0.0110 e. The van der Waals surface area contributed by atoms with Crippen LogP contribution in [0.5, 0.6) is 0 Å². The van der Waals surface area contributed by atoms with Gasteiger partial charge in [0.1, 0.15) is 0 Å².